The number of likely N-dealkylation sites (N-methyl/N-ethyl adjacent to an activating group) is 1. The Hall–Kier alpha value is -2.68. The third-order valence-corrected chi connectivity index (χ3v) is 7.51. The number of anilines is 1. The molecule has 0 radical (unpaired) electrons. The second-order valence-corrected chi connectivity index (χ2v) is 9.89. The lowest BCUT2D eigenvalue weighted by Gasteiger charge is -2.19. The first-order valence-corrected chi connectivity index (χ1v) is 13.4. The Kier molecular flexibility index (Phi) is 8.37. The van der Waals surface area contributed by atoms with Gasteiger partial charge in [0.05, 0.1) is 15.9 Å². The van der Waals surface area contributed by atoms with E-state index in [0.29, 0.717) is 12.3 Å². The number of amidine groups is 1. The maximum absolute atomic E-state index is 12.6. The number of thiophene rings is 1. The van der Waals surface area contributed by atoms with Gasteiger partial charge in [-0.15, -0.1) is 11.3 Å². The molecule has 4 aromatic rings. The minimum atomic E-state index is -0.416. The highest BCUT2D eigenvalue weighted by Crippen LogP contribution is 2.24. The second kappa shape index (κ2) is 11.6. The molecule has 0 saturated carbocycles. The monoisotopic (exact) mass is 495 g/mol. The smallest absolute Gasteiger partial charge is 0.140 e. The molecule has 2 aromatic carbocycles. The number of aromatic nitrogens is 2. The molecular weight excluding hydrogens is 465 g/mol. The molecule has 0 saturated heterocycles. The summed E-state index contributed by atoms with van der Waals surface area (Å²) in [5.74, 6) is 1.40. The molecule has 0 aliphatic carbocycles. The summed E-state index contributed by atoms with van der Waals surface area (Å²) in [4.78, 5) is 9.25. The third-order valence-electron chi connectivity index (χ3n) is 5.91. The second-order valence-electron chi connectivity index (χ2n) is 7.96. The number of nitrogens with one attached hydrogen (secondary N) is 2. The topological polar surface area (TPSA) is 56.9 Å². The molecule has 178 valence electrons. The number of hydrogen-bond donors (Lipinski definition) is 2. The van der Waals surface area contributed by atoms with Crippen molar-refractivity contribution in [1.29, 1.82) is 5.41 Å². The van der Waals surface area contributed by atoms with Crippen molar-refractivity contribution in [2.75, 3.05) is 31.0 Å². The van der Waals surface area contributed by atoms with Gasteiger partial charge in [-0.3, -0.25) is 5.41 Å². The van der Waals surface area contributed by atoms with Crippen LogP contribution < -0.4 is 5.32 Å². The van der Waals surface area contributed by atoms with Crippen LogP contribution in [0.1, 0.15) is 30.1 Å². The van der Waals surface area contributed by atoms with Crippen LogP contribution in [0.4, 0.5) is 10.1 Å². The Morgan fingerprint density at radius 1 is 1.15 bits per heavy atom. The van der Waals surface area contributed by atoms with E-state index in [0.717, 1.165) is 64.1 Å². The molecule has 0 spiro atoms. The quantitative estimate of drug-likeness (QED) is 0.142. The normalized spacial score (nSPS) is 11.4. The Morgan fingerprint density at radius 2 is 1.94 bits per heavy atom. The van der Waals surface area contributed by atoms with Gasteiger partial charge >= 0.3 is 0 Å². The number of benzene rings is 2. The number of rotatable bonds is 11. The van der Waals surface area contributed by atoms with E-state index in [1.165, 1.54) is 11.8 Å². The number of alkyl halides is 1. The summed E-state index contributed by atoms with van der Waals surface area (Å²) in [6, 6.07) is 17.7. The minimum absolute atomic E-state index is 0.391. The molecule has 8 heteroatoms. The Labute approximate surface area is 208 Å². The van der Waals surface area contributed by atoms with Crippen LogP contribution in [0.15, 0.2) is 64.9 Å². The van der Waals surface area contributed by atoms with Gasteiger partial charge in [-0.1, -0.05) is 43.8 Å². The Bertz CT molecular complexity index is 1210. The molecule has 0 aliphatic heterocycles. The molecule has 0 aliphatic rings. The molecule has 0 amide bonds. The number of hydrogen-bond acceptors (Lipinski definition) is 5. The van der Waals surface area contributed by atoms with Gasteiger partial charge in [0.25, 0.3) is 0 Å². The fourth-order valence-electron chi connectivity index (χ4n) is 4.00. The van der Waals surface area contributed by atoms with Crippen molar-refractivity contribution in [3.05, 3.63) is 76.2 Å². The van der Waals surface area contributed by atoms with Crippen molar-refractivity contribution in [3.8, 4) is 0 Å². The SMILES string of the molecule is CCN(CC)CCn1c(Cc2ccc(SCF)cc2)nc2cc(NC(=N)c3cccs3)ccc21. The largest absolute Gasteiger partial charge is 0.339 e. The van der Waals surface area contributed by atoms with Gasteiger partial charge in [0.2, 0.25) is 0 Å². The molecule has 4 rings (SSSR count). The van der Waals surface area contributed by atoms with Crippen LogP contribution in [0.2, 0.25) is 0 Å². The van der Waals surface area contributed by atoms with E-state index in [1.54, 1.807) is 11.3 Å². The van der Waals surface area contributed by atoms with Gasteiger partial charge in [-0.05, 0) is 60.4 Å². The standard InChI is InChI=1S/C26H30FN5S2/c1-3-31(4-2)13-14-32-23-12-9-20(29-26(28)24-6-5-15-33-24)17-22(23)30-25(32)16-19-7-10-21(11-8-19)34-18-27/h5-12,15,17H,3-4,13-14,16,18H2,1-2H3,(H2,28,29). The molecule has 5 nitrogen and oxygen atoms in total. The maximum Gasteiger partial charge on any atom is 0.140 e. The van der Waals surface area contributed by atoms with Gasteiger partial charge in [-0.2, -0.15) is 0 Å². The van der Waals surface area contributed by atoms with E-state index >= 15 is 0 Å². The molecule has 2 heterocycles. The van der Waals surface area contributed by atoms with Crippen LogP contribution >= 0.6 is 23.1 Å². The van der Waals surface area contributed by atoms with Gasteiger partial charge in [-0.25, -0.2) is 9.37 Å². The molecule has 0 atom stereocenters. The highest BCUT2D eigenvalue weighted by Gasteiger charge is 2.14. The van der Waals surface area contributed by atoms with Crippen molar-refractivity contribution in [1.82, 2.24) is 14.5 Å². The summed E-state index contributed by atoms with van der Waals surface area (Å²) < 4.78 is 14.9. The summed E-state index contributed by atoms with van der Waals surface area (Å²) in [6.45, 7) is 8.24. The predicted octanol–water partition coefficient (Wildman–Crippen LogP) is 6.49. The number of halogens is 1. The molecule has 2 N–H and O–H groups in total. The zero-order valence-corrected chi connectivity index (χ0v) is 21.2. The lowest BCUT2D eigenvalue weighted by atomic mass is 10.1. The van der Waals surface area contributed by atoms with E-state index in [4.69, 9.17) is 10.4 Å². The zero-order valence-electron chi connectivity index (χ0n) is 19.6. The van der Waals surface area contributed by atoms with Crippen LogP contribution in [0.25, 0.3) is 11.0 Å². The minimum Gasteiger partial charge on any atom is -0.339 e. The van der Waals surface area contributed by atoms with Gasteiger partial charge in [0, 0.05) is 30.1 Å². The zero-order chi connectivity index (χ0) is 23.9. The lowest BCUT2D eigenvalue weighted by molar-refractivity contribution is 0.291. The van der Waals surface area contributed by atoms with E-state index in [9.17, 15) is 4.39 Å². The lowest BCUT2D eigenvalue weighted by Crippen LogP contribution is -2.27. The fourth-order valence-corrected chi connectivity index (χ4v) is 5.08. The van der Waals surface area contributed by atoms with Crippen LogP contribution in [-0.2, 0) is 13.0 Å². The van der Waals surface area contributed by atoms with Gasteiger partial charge in [0.1, 0.15) is 17.7 Å². The number of imidazole rings is 1. The molecule has 2 aromatic heterocycles. The van der Waals surface area contributed by atoms with Crippen molar-refractivity contribution in [2.24, 2.45) is 0 Å². The maximum atomic E-state index is 12.6. The molecule has 0 unspecified atom stereocenters. The van der Waals surface area contributed by atoms with Crippen LogP contribution in [0.5, 0.6) is 0 Å². The summed E-state index contributed by atoms with van der Waals surface area (Å²) in [6.07, 6.45) is 0.710. The fraction of sp³-hybridized carbons (Fsp3) is 0.308. The van der Waals surface area contributed by atoms with Crippen molar-refractivity contribution >= 4 is 45.7 Å². The van der Waals surface area contributed by atoms with E-state index in [-0.39, 0.29) is 0 Å². The third kappa shape index (κ3) is 5.87. The summed E-state index contributed by atoms with van der Waals surface area (Å²) >= 11 is 2.75. The molecule has 0 fully saturated rings. The summed E-state index contributed by atoms with van der Waals surface area (Å²) in [5.41, 5.74) is 4.03. The summed E-state index contributed by atoms with van der Waals surface area (Å²) in [5, 5.41) is 13.5. The molecule has 0 bridgehead atoms. The number of thioether (sulfide) groups is 1. The Morgan fingerprint density at radius 3 is 2.62 bits per heavy atom. The first kappa shape index (κ1) is 24.4. The highest BCUT2D eigenvalue weighted by molar-refractivity contribution is 7.99. The molecular formula is C26H30FN5S2. The first-order chi connectivity index (χ1) is 16.6. The first-order valence-electron chi connectivity index (χ1n) is 11.5. The van der Waals surface area contributed by atoms with E-state index in [1.807, 2.05) is 41.8 Å². The van der Waals surface area contributed by atoms with Crippen molar-refractivity contribution in [3.63, 3.8) is 0 Å². The van der Waals surface area contributed by atoms with E-state index < -0.39 is 6.01 Å². The molecule has 34 heavy (non-hydrogen) atoms. The van der Waals surface area contributed by atoms with Gasteiger partial charge < -0.3 is 14.8 Å². The van der Waals surface area contributed by atoms with Crippen LogP contribution in [0.3, 0.4) is 0 Å². The van der Waals surface area contributed by atoms with Crippen molar-refractivity contribution < 1.29 is 4.39 Å². The number of nitrogens with zero attached hydrogens (tertiary/aromatic N) is 3. The Balaban J connectivity index is 1.62. The average molecular weight is 496 g/mol. The number of fused-ring (bicyclic) bond motifs is 1. The predicted molar refractivity (Wildman–Crippen MR) is 143 cm³/mol. The van der Waals surface area contributed by atoms with E-state index in [2.05, 4.69) is 46.8 Å². The van der Waals surface area contributed by atoms with Crippen molar-refractivity contribution in [2.45, 2.75) is 31.7 Å². The van der Waals surface area contributed by atoms with Crippen LogP contribution in [0, 0.1) is 5.41 Å². The average Bonchev–Trinajstić information content (AvgIpc) is 3.50. The van der Waals surface area contributed by atoms with Crippen LogP contribution in [-0.4, -0.2) is 45.9 Å². The summed E-state index contributed by atoms with van der Waals surface area (Å²) in [7, 11) is 0. The van der Waals surface area contributed by atoms with Gasteiger partial charge in [0.15, 0.2) is 0 Å². The highest BCUT2D eigenvalue weighted by atomic mass is 32.2.